The van der Waals surface area contributed by atoms with Crippen LogP contribution in [-0.4, -0.2) is 15.0 Å². The van der Waals surface area contributed by atoms with Crippen LogP contribution in [0.5, 0.6) is 0 Å². The van der Waals surface area contributed by atoms with Crippen molar-refractivity contribution in [2.45, 2.75) is 0 Å². The van der Waals surface area contributed by atoms with E-state index < -0.39 is 0 Å². The summed E-state index contributed by atoms with van der Waals surface area (Å²) >= 11 is 0. The molecule has 0 saturated heterocycles. The molecule has 0 amide bonds. The zero-order chi connectivity index (χ0) is 29.3. The number of hydrogen-bond donors (Lipinski definition) is 0. The highest BCUT2D eigenvalue weighted by atomic mass is 16.3. The predicted molar refractivity (Wildman–Crippen MR) is 178 cm³/mol. The second-order valence-corrected chi connectivity index (χ2v) is 10.5. The van der Waals surface area contributed by atoms with Gasteiger partial charge in [0.15, 0.2) is 17.5 Å². The van der Waals surface area contributed by atoms with Gasteiger partial charge >= 0.3 is 0 Å². The Bertz CT molecular complexity index is 2120. The summed E-state index contributed by atoms with van der Waals surface area (Å²) in [5, 5.41) is 2.07. The van der Waals surface area contributed by atoms with Crippen LogP contribution in [0.4, 0.5) is 17.1 Å². The van der Waals surface area contributed by atoms with Crippen LogP contribution in [0.1, 0.15) is 0 Å². The molecule has 0 fully saturated rings. The van der Waals surface area contributed by atoms with Crippen LogP contribution in [0.3, 0.4) is 0 Å². The molecular formula is C39H26N4O. The Labute approximate surface area is 254 Å². The van der Waals surface area contributed by atoms with E-state index in [9.17, 15) is 0 Å². The van der Waals surface area contributed by atoms with Gasteiger partial charge in [0.05, 0.1) is 11.1 Å². The minimum absolute atomic E-state index is 0.593. The van der Waals surface area contributed by atoms with Gasteiger partial charge in [-0.3, -0.25) is 0 Å². The van der Waals surface area contributed by atoms with Crippen molar-refractivity contribution >= 4 is 39.0 Å². The highest BCUT2D eigenvalue weighted by Gasteiger charge is 2.20. The molecule has 0 saturated carbocycles. The van der Waals surface area contributed by atoms with Crippen molar-refractivity contribution in [2.24, 2.45) is 0 Å². The fourth-order valence-electron chi connectivity index (χ4n) is 5.65. The number of hydrogen-bond acceptors (Lipinski definition) is 5. The zero-order valence-electron chi connectivity index (χ0n) is 23.7. The van der Waals surface area contributed by atoms with Crippen LogP contribution in [-0.2, 0) is 0 Å². The highest BCUT2D eigenvalue weighted by molar-refractivity contribution is 6.13. The van der Waals surface area contributed by atoms with Crippen molar-refractivity contribution < 1.29 is 4.42 Å². The summed E-state index contributed by atoms with van der Waals surface area (Å²) in [6.45, 7) is 0. The average Bonchev–Trinajstić information content (AvgIpc) is 3.49. The fourth-order valence-corrected chi connectivity index (χ4v) is 5.65. The summed E-state index contributed by atoms with van der Waals surface area (Å²) in [4.78, 5) is 16.9. The van der Waals surface area contributed by atoms with E-state index in [1.54, 1.807) is 0 Å². The summed E-state index contributed by atoms with van der Waals surface area (Å²) < 4.78 is 6.51. The maximum absolute atomic E-state index is 6.51. The Kier molecular flexibility index (Phi) is 6.39. The van der Waals surface area contributed by atoms with Gasteiger partial charge in [-0.1, -0.05) is 109 Å². The number of rotatable bonds is 6. The van der Waals surface area contributed by atoms with E-state index >= 15 is 0 Å². The van der Waals surface area contributed by atoms with Crippen LogP contribution in [0, 0.1) is 0 Å². The van der Waals surface area contributed by atoms with Crippen LogP contribution < -0.4 is 4.90 Å². The second-order valence-electron chi connectivity index (χ2n) is 10.5. The molecule has 0 aliphatic carbocycles. The Balaban J connectivity index is 1.30. The number of aromatic nitrogens is 3. The third kappa shape index (κ3) is 4.67. The van der Waals surface area contributed by atoms with Gasteiger partial charge in [0, 0.05) is 33.5 Å². The molecule has 0 N–H and O–H groups in total. The van der Waals surface area contributed by atoms with E-state index in [0.717, 1.165) is 55.7 Å². The van der Waals surface area contributed by atoms with E-state index in [4.69, 9.17) is 19.4 Å². The summed E-state index contributed by atoms with van der Waals surface area (Å²) in [6.07, 6.45) is 0. The van der Waals surface area contributed by atoms with Crippen LogP contribution >= 0.6 is 0 Å². The summed E-state index contributed by atoms with van der Waals surface area (Å²) in [7, 11) is 0. The Hall–Kier alpha value is -6.07. The van der Waals surface area contributed by atoms with Gasteiger partial charge in [-0.05, 0) is 48.5 Å². The first-order valence-electron chi connectivity index (χ1n) is 14.5. The molecule has 0 atom stereocenters. The first-order chi connectivity index (χ1) is 21.8. The van der Waals surface area contributed by atoms with Crippen molar-refractivity contribution in [3.63, 3.8) is 0 Å². The fraction of sp³-hybridized carbons (Fsp3) is 0. The van der Waals surface area contributed by atoms with Gasteiger partial charge in [-0.25, -0.2) is 15.0 Å². The third-order valence-electron chi connectivity index (χ3n) is 7.70. The average molecular weight is 567 g/mol. The van der Waals surface area contributed by atoms with E-state index in [0.29, 0.717) is 17.5 Å². The van der Waals surface area contributed by atoms with Gasteiger partial charge in [0.2, 0.25) is 0 Å². The highest BCUT2D eigenvalue weighted by Crippen LogP contribution is 2.43. The molecule has 0 aliphatic rings. The molecular weight excluding hydrogens is 540 g/mol. The smallest absolute Gasteiger partial charge is 0.164 e. The van der Waals surface area contributed by atoms with Gasteiger partial charge < -0.3 is 9.32 Å². The van der Waals surface area contributed by atoms with Crippen molar-refractivity contribution in [1.29, 1.82) is 0 Å². The molecule has 6 aromatic carbocycles. The minimum Gasteiger partial charge on any atom is -0.456 e. The molecule has 8 aromatic rings. The molecule has 8 rings (SSSR count). The number of nitrogens with zero attached hydrogens (tertiary/aromatic N) is 4. The lowest BCUT2D eigenvalue weighted by molar-refractivity contribution is 0.669. The standard InChI is InChI=1S/C39H26N4O/c1-5-14-27(15-6-1)37-40-38(28-16-7-2-8-17-28)42-39(41-37)29-24-25-32-35(26-29)44-34-23-13-22-33(36(32)34)43(30-18-9-3-10-19-30)31-20-11-4-12-21-31/h1-26H. The SMILES string of the molecule is c1ccc(-c2nc(-c3ccccc3)nc(-c3ccc4c(c3)oc3cccc(N(c5ccccc5)c5ccccc5)c34)n2)cc1. The largest absolute Gasteiger partial charge is 0.456 e. The summed E-state index contributed by atoms with van der Waals surface area (Å²) in [5.74, 6) is 1.85. The van der Waals surface area contributed by atoms with E-state index in [-0.39, 0.29) is 0 Å². The number of anilines is 3. The molecule has 0 spiro atoms. The van der Waals surface area contributed by atoms with Crippen LogP contribution in [0.25, 0.3) is 56.1 Å². The van der Waals surface area contributed by atoms with Gasteiger partial charge in [-0.2, -0.15) is 0 Å². The maximum atomic E-state index is 6.51. The number of fused-ring (bicyclic) bond motifs is 3. The van der Waals surface area contributed by atoms with Gasteiger partial charge in [0.1, 0.15) is 11.2 Å². The van der Waals surface area contributed by atoms with Crippen LogP contribution in [0.15, 0.2) is 162 Å². The van der Waals surface area contributed by atoms with E-state index in [1.807, 2.05) is 91.0 Å². The molecule has 208 valence electrons. The molecule has 2 heterocycles. The molecule has 5 heteroatoms. The molecule has 0 bridgehead atoms. The number of para-hydroxylation sites is 2. The van der Waals surface area contributed by atoms with Crippen molar-refractivity contribution in [2.75, 3.05) is 4.90 Å². The first kappa shape index (κ1) is 25.6. The lowest BCUT2D eigenvalue weighted by Gasteiger charge is -2.26. The van der Waals surface area contributed by atoms with Gasteiger partial charge in [-0.15, -0.1) is 0 Å². The second kappa shape index (κ2) is 11.0. The van der Waals surface area contributed by atoms with Gasteiger partial charge in [0.25, 0.3) is 0 Å². The quantitative estimate of drug-likeness (QED) is 0.200. The zero-order valence-corrected chi connectivity index (χ0v) is 23.7. The van der Waals surface area contributed by atoms with E-state index in [2.05, 4.69) is 71.6 Å². The molecule has 2 aromatic heterocycles. The normalized spacial score (nSPS) is 11.2. The topological polar surface area (TPSA) is 55.1 Å². The molecule has 0 aliphatic heterocycles. The van der Waals surface area contributed by atoms with Crippen molar-refractivity contribution in [1.82, 2.24) is 15.0 Å². The summed E-state index contributed by atoms with van der Waals surface area (Å²) in [6, 6.07) is 53.3. The van der Waals surface area contributed by atoms with Crippen molar-refractivity contribution in [3.05, 3.63) is 158 Å². The molecule has 0 unspecified atom stereocenters. The van der Waals surface area contributed by atoms with Crippen LogP contribution in [0.2, 0.25) is 0 Å². The lowest BCUT2D eigenvalue weighted by atomic mass is 10.1. The first-order valence-corrected chi connectivity index (χ1v) is 14.5. The van der Waals surface area contributed by atoms with Crippen molar-refractivity contribution in [3.8, 4) is 34.2 Å². The number of furan rings is 1. The monoisotopic (exact) mass is 566 g/mol. The Morgan fingerprint density at radius 2 is 0.909 bits per heavy atom. The molecule has 44 heavy (non-hydrogen) atoms. The lowest BCUT2D eigenvalue weighted by Crippen LogP contribution is -2.09. The minimum atomic E-state index is 0.593. The van der Waals surface area contributed by atoms with E-state index in [1.165, 1.54) is 0 Å². The number of benzene rings is 6. The maximum Gasteiger partial charge on any atom is 0.164 e. The Morgan fingerprint density at radius 1 is 0.409 bits per heavy atom. The molecule has 0 radical (unpaired) electrons. The summed E-state index contributed by atoms with van der Waals surface area (Å²) in [5.41, 5.74) is 7.51. The molecule has 5 nitrogen and oxygen atoms in total. The Morgan fingerprint density at radius 3 is 1.45 bits per heavy atom. The third-order valence-corrected chi connectivity index (χ3v) is 7.70. The predicted octanol–water partition coefficient (Wildman–Crippen LogP) is 10.2.